The molecule has 0 aliphatic rings. The van der Waals surface area contributed by atoms with E-state index in [2.05, 4.69) is 14.8 Å². The summed E-state index contributed by atoms with van der Waals surface area (Å²) in [5, 5.41) is 4.05. The zero-order valence-corrected chi connectivity index (χ0v) is 9.33. The van der Waals surface area contributed by atoms with Gasteiger partial charge in [-0.3, -0.25) is 9.67 Å². The van der Waals surface area contributed by atoms with Gasteiger partial charge in [-0.15, -0.1) is 0 Å². The SMILES string of the molecule is COC(=O)c1nn(Cc2ccccn2)cc1N. The lowest BCUT2D eigenvalue weighted by Gasteiger charge is -1.99. The molecule has 2 aromatic heterocycles. The summed E-state index contributed by atoms with van der Waals surface area (Å²) >= 11 is 0. The zero-order valence-electron chi connectivity index (χ0n) is 9.33. The second kappa shape index (κ2) is 4.65. The van der Waals surface area contributed by atoms with E-state index in [1.165, 1.54) is 7.11 Å². The third kappa shape index (κ3) is 2.41. The highest BCUT2D eigenvalue weighted by atomic mass is 16.5. The van der Waals surface area contributed by atoms with E-state index in [4.69, 9.17) is 5.73 Å². The maximum absolute atomic E-state index is 11.3. The van der Waals surface area contributed by atoms with Crippen molar-refractivity contribution in [3.05, 3.63) is 42.0 Å². The standard InChI is InChI=1S/C11H12N4O2/c1-17-11(16)10-9(12)7-15(14-10)6-8-4-2-3-5-13-8/h2-5,7H,6,12H2,1H3. The number of methoxy groups -OCH3 is 1. The van der Waals surface area contributed by atoms with Gasteiger partial charge in [-0.25, -0.2) is 4.79 Å². The Labute approximate surface area is 98.0 Å². The van der Waals surface area contributed by atoms with E-state index >= 15 is 0 Å². The monoisotopic (exact) mass is 232 g/mol. The summed E-state index contributed by atoms with van der Waals surface area (Å²) in [6.45, 7) is 0.460. The molecule has 6 nitrogen and oxygen atoms in total. The number of hydrogen-bond donors (Lipinski definition) is 1. The van der Waals surface area contributed by atoms with E-state index in [1.54, 1.807) is 17.1 Å². The number of carbonyl (C=O) groups is 1. The number of nitrogens with zero attached hydrogens (tertiary/aromatic N) is 3. The number of aromatic nitrogens is 3. The molecule has 0 bridgehead atoms. The van der Waals surface area contributed by atoms with Crippen LogP contribution in [0.15, 0.2) is 30.6 Å². The summed E-state index contributed by atoms with van der Waals surface area (Å²) in [7, 11) is 1.29. The Morgan fingerprint density at radius 1 is 1.53 bits per heavy atom. The van der Waals surface area contributed by atoms with Crippen LogP contribution in [0.2, 0.25) is 0 Å². The number of hydrogen-bond acceptors (Lipinski definition) is 5. The summed E-state index contributed by atoms with van der Waals surface area (Å²) in [6.07, 6.45) is 3.28. The maximum atomic E-state index is 11.3. The fourth-order valence-electron chi connectivity index (χ4n) is 1.43. The van der Waals surface area contributed by atoms with E-state index in [-0.39, 0.29) is 5.69 Å². The Hall–Kier alpha value is -2.37. The number of anilines is 1. The van der Waals surface area contributed by atoms with Crippen molar-refractivity contribution in [1.29, 1.82) is 0 Å². The van der Waals surface area contributed by atoms with Gasteiger partial charge in [0, 0.05) is 12.4 Å². The van der Waals surface area contributed by atoms with Crippen LogP contribution in [0.1, 0.15) is 16.2 Å². The van der Waals surface area contributed by atoms with E-state index in [1.807, 2.05) is 18.2 Å². The number of esters is 1. The molecule has 2 N–H and O–H groups in total. The first kappa shape index (κ1) is 11.1. The molecule has 6 heteroatoms. The van der Waals surface area contributed by atoms with Crippen LogP contribution in [-0.4, -0.2) is 27.8 Å². The molecule has 0 spiro atoms. The normalized spacial score (nSPS) is 10.2. The van der Waals surface area contributed by atoms with Crippen LogP contribution in [0.5, 0.6) is 0 Å². The van der Waals surface area contributed by atoms with Crippen LogP contribution < -0.4 is 5.73 Å². The van der Waals surface area contributed by atoms with Crippen molar-refractivity contribution in [3.8, 4) is 0 Å². The van der Waals surface area contributed by atoms with Gasteiger partial charge in [0.2, 0.25) is 0 Å². The van der Waals surface area contributed by atoms with Gasteiger partial charge < -0.3 is 10.5 Å². The van der Waals surface area contributed by atoms with Gasteiger partial charge in [0.1, 0.15) is 0 Å². The third-order valence-electron chi connectivity index (χ3n) is 2.22. The van der Waals surface area contributed by atoms with Gasteiger partial charge in [0.25, 0.3) is 0 Å². The molecule has 0 amide bonds. The molecule has 2 heterocycles. The van der Waals surface area contributed by atoms with Crippen molar-refractivity contribution < 1.29 is 9.53 Å². The number of carbonyl (C=O) groups excluding carboxylic acids is 1. The Morgan fingerprint density at radius 2 is 2.35 bits per heavy atom. The van der Waals surface area contributed by atoms with Gasteiger partial charge in [-0.05, 0) is 12.1 Å². The fraction of sp³-hybridized carbons (Fsp3) is 0.182. The minimum Gasteiger partial charge on any atom is -0.464 e. The second-order valence-corrected chi connectivity index (χ2v) is 3.44. The smallest absolute Gasteiger partial charge is 0.360 e. The van der Waals surface area contributed by atoms with Gasteiger partial charge in [0.05, 0.1) is 25.0 Å². The van der Waals surface area contributed by atoms with Gasteiger partial charge >= 0.3 is 5.97 Å². The van der Waals surface area contributed by atoms with Gasteiger partial charge in [0.15, 0.2) is 5.69 Å². The number of pyridine rings is 1. The molecular formula is C11H12N4O2. The van der Waals surface area contributed by atoms with Crippen LogP contribution in [0, 0.1) is 0 Å². The lowest BCUT2D eigenvalue weighted by Crippen LogP contribution is -2.07. The van der Waals surface area contributed by atoms with Gasteiger partial charge in [-0.2, -0.15) is 5.10 Å². The zero-order chi connectivity index (χ0) is 12.3. The molecular weight excluding hydrogens is 220 g/mol. The molecule has 0 aliphatic heterocycles. The quantitative estimate of drug-likeness (QED) is 0.787. The molecule has 0 aliphatic carbocycles. The summed E-state index contributed by atoms with van der Waals surface area (Å²) in [4.78, 5) is 15.5. The molecule has 0 unspecified atom stereocenters. The Bertz CT molecular complexity index is 522. The van der Waals surface area contributed by atoms with Crippen LogP contribution >= 0.6 is 0 Å². The van der Waals surface area contributed by atoms with Gasteiger partial charge in [-0.1, -0.05) is 6.07 Å². The van der Waals surface area contributed by atoms with E-state index in [0.29, 0.717) is 12.2 Å². The average Bonchev–Trinajstić information content (AvgIpc) is 2.70. The van der Waals surface area contributed by atoms with Crippen LogP contribution in [0.4, 0.5) is 5.69 Å². The highest BCUT2D eigenvalue weighted by molar-refractivity contribution is 5.92. The summed E-state index contributed by atoms with van der Waals surface area (Å²) in [5.41, 5.74) is 6.93. The predicted molar refractivity (Wildman–Crippen MR) is 61.3 cm³/mol. The summed E-state index contributed by atoms with van der Waals surface area (Å²) in [5.74, 6) is -0.540. The first-order valence-electron chi connectivity index (χ1n) is 5.02. The van der Waals surface area contributed by atoms with Crippen molar-refractivity contribution in [1.82, 2.24) is 14.8 Å². The number of nitrogens with two attached hydrogens (primary N) is 1. The average molecular weight is 232 g/mol. The van der Waals surface area contributed by atoms with Crippen LogP contribution in [0.25, 0.3) is 0 Å². The Kier molecular flexibility index (Phi) is 3.04. The van der Waals surface area contributed by atoms with Crippen molar-refractivity contribution in [2.45, 2.75) is 6.54 Å². The molecule has 0 atom stereocenters. The molecule has 17 heavy (non-hydrogen) atoms. The maximum Gasteiger partial charge on any atom is 0.360 e. The van der Waals surface area contributed by atoms with E-state index in [9.17, 15) is 4.79 Å². The third-order valence-corrected chi connectivity index (χ3v) is 2.22. The lowest BCUT2D eigenvalue weighted by molar-refractivity contribution is 0.0594. The topological polar surface area (TPSA) is 83.0 Å². The molecule has 0 saturated carbocycles. The highest BCUT2D eigenvalue weighted by Gasteiger charge is 2.15. The molecule has 2 rings (SSSR count). The second-order valence-electron chi connectivity index (χ2n) is 3.44. The number of ether oxygens (including phenoxy) is 1. The van der Waals surface area contributed by atoms with E-state index < -0.39 is 5.97 Å². The van der Waals surface area contributed by atoms with Crippen molar-refractivity contribution >= 4 is 11.7 Å². The highest BCUT2D eigenvalue weighted by Crippen LogP contribution is 2.11. The largest absolute Gasteiger partial charge is 0.464 e. The molecule has 88 valence electrons. The molecule has 2 aromatic rings. The first-order valence-corrected chi connectivity index (χ1v) is 5.02. The van der Waals surface area contributed by atoms with Crippen LogP contribution in [0.3, 0.4) is 0 Å². The predicted octanol–water partition coefficient (Wildman–Crippen LogP) is 0.695. The number of nitrogen functional groups attached to an aromatic ring is 1. The van der Waals surface area contributed by atoms with Crippen LogP contribution in [-0.2, 0) is 11.3 Å². The lowest BCUT2D eigenvalue weighted by atomic mass is 10.3. The van der Waals surface area contributed by atoms with E-state index in [0.717, 1.165) is 5.69 Å². The minimum absolute atomic E-state index is 0.128. The van der Waals surface area contributed by atoms with Crippen molar-refractivity contribution in [2.24, 2.45) is 0 Å². The molecule has 0 fully saturated rings. The molecule has 0 saturated heterocycles. The molecule has 0 radical (unpaired) electrons. The minimum atomic E-state index is -0.540. The fourth-order valence-corrected chi connectivity index (χ4v) is 1.43. The summed E-state index contributed by atoms with van der Waals surface area (Å²) in [6, 6.07) is 5.59. The Morgan fingerprint density at radius 3 is 3.00 bits per heavy atom. The van der Waals surface area contributed by atoms with Crippen molar-refractivity contribution in [2.75, 3.05) is 12.8 Å². The first-order chi connectivity index (χ1) is 8.20. The molecule has 0 aromatic carbocycles. The number of rotatable bonds is 3. The summed E-state index contributed by atoms with van der Waals surface area (Å²) < 4.78 is 6.13. The Balaban J connectivity index is 2.21. The van der Waals surface area contributed by atoms with Crippen molar-refractivity contribution in [3.63, 3.8) is 0 Å².